The number of carbonyl (C=O) groups excluding carboxylic acids is 3. The van der Waals surface area contributed by atoms with Crippen LogP contribution in [0.1, 0.15) is 316 Å². The molecule has 0 aromatic heterocycles. The largest absolute Gasteiger partial charge is 0.479 e. The molecule has 1 aliphatic heterocycles. The van der Waals surface area contributed by atoms with Gasteiger partial charge in [-0.15, -0.1) is 0 Å². The third kappa shape index (κ3) is 42.1. The Morgan fingerprint density at radius 1 is 0.427 bits per heavy atom. The number of aliphatic hydroxyl groups excluding tert-OH is 2. The number of ether oxygens (including phenoxy) is 5. The lowest BCUT2D eigenvalue weighted by Crippen LogP contribution is -2.61. The molecule has 0 spiro atoms. The lowest BCUT2D eigenvalue weighted by molar-refractivity contribution is -0.301. The lowest BCUT2D eigenvalue weighted by atomic mass is 9.98. The number of carboxylic acid groups (broad SMARTS) is 1. The van der Waals surface area contributed by atoms with Crippen LogP contribution < -0.4 is 0 Å². The first-order valence-corrected chi connectivity index (χ1v) is 31.7. The van der Waals surface area contributed by atoms with Gasteiger partial charge < -0.3 is 39.0 Å². The number of carbonyl (C=O) groups is 4. The van der Waals surface area contributed by atoms with E-state index in [1.165, 1.54) is 180 Å². The minimum absolute atomic E-state index is 0.0559. The molecule has 0 amide bonds. The summed E-state index contributed by atoms with van der Waals surface area (Å²) in [6, 6.07) is 0. The van der Waals surface area contributed by atoms with Crippen LogP contribution in [0.5, 0.6) is 0 Å². The van der Waals surface area contributed by atoms with Gasteiger partial charge in [0, 0.05) is 19.3 Å². The number of esters is 3. The van der Waals surface area contributed by atoms with Crippen molar-refractivity contribution in [2.75, 3.05) is 13.2 Å². The second-order valence-electron chi connectivity index (χ2n) is 22.1. The van der Waals surface area contributed by atoms with Crippen LogP contribution in [0.3, 0.4) is 0 Å². The van der Waals surface area contributed by atoms with Crippen molar-refractivity contribution < 1.29 is 58.2 Å². The minimum atomic E-state index is -1.90. The van der Waals surface area contributed by atoms with E-state index in [0.717, 1.165) is 77.0 Å². The summed E-state index contributed by atoms with van der Waals surface area (Å²) < 4.78 is 28.5. The fourth-order valence-corrected chi connectivity index (χ4v) is 9.94. The summed E-state index contributed by atoms with van der Waals surface area (Å²) in [6.07, 6.45) is 46.1. The molecule has 0 saturated carbocycles. The highest BCUT2D eigenvalue weighted by Crippen LogP contribution is 2.27. The summed E-state index contributed by atoms with van der Waals surface area (Å²) in [5.74, 6) is -3.09. The number of unbranched alkanes of at least 4 members (excludes halogenated alkanes) is 39. The van der Waals surface area contributed by atoms with Crippen LogP contribution in [0.4, 0.5) is 0 Å². The van der Waals surface area contributed by atoms with Crippen molar-refractivity contribution in [3.63, 3.8) is 0 Å². The van der Waals surface area contributed by atoms with Gasteiger partial charge in [-0.1, -0.05) is 270 Å². The van der Waals surface area contributed by atoms with Gasteiger partial charge in [0.25, 0.3) is 0 Å². The van der Waals surface area contributed by atoms with Gasteiger partial charge in [0.05, 0.1) is 6.61 Å². The minimum Gasteiger partial charge on any atom is -0.479 e. The van der Waals surface area contributed by atoms with Crippen molar-refractivity contribution in [1.29, 1.82) is 0 Å². The molecule has 0 aliphatic carbocycles. The van der Waals surface area contributed by atoms with E-state index in [4.69, 9.17) is 23.7 Å². The number of hydrogen-bond acceptors (Lipinski definition) is 11. The van der Waals surface area contributed by atoms with E-state index in [1.807, 2.05) is 0 Å². The average Bonchev–Trinajstić information content (AvgIpc) is 3.39. The van der Waals surface area contributed by atoms with E-state index in [-0.39, 0.29) is 25.9 Å². The quantitative estimate of drug-likeness (QED) is 0.0228. The van der Waals surface area contributed by atoms with Crippen LogP contribution in [0, 0.1) is 0 Å². The topological polar surface area (TPSA) is 175 Å². The maximum absolute atomic E-state index is 13.2. The lowest BCUT2D eigenvalue weighted by Gasteiger charge is -2.40. The zero-order valence-electron chi connectivity index (χ0n) is 48.6. The van der Waals surface area contributed by atoms with Crippen molar-refractivity contribution in [3.05, 3.63) is 12.2 Å². The van der Waals surface area contributed by atoms with Gasteiger partial charge in [-0.25, -0.2) is 4.79 Å². The van der Waals surface area contributed by atoms with Gasteiger partial charge in [0.15, 0.2) is 24.6 Å². The van der Waals surface area contributed by atoms with Crippen molar-refractivity contribution in [1.82, 2.24) is 0 Å². The van der Waals surface area contributed by atoms with Crippen molar-refractivity contribution in [2.45, 2.75) is 353 Å². The summed E-state index contributed by atoms with van der Waals surface area (Å²) in [4.78, 5) is 51.2. The summed E-state index contributed by atoms with van der Waals surface area (Å²) >= 11 is 0. The molecule has 1 rings (SSSR count). The van der Waals surface area contributed by atoms with Gasteiger partial charge in [-0.2, -0.15) is 0 Å². The molecule has 1 saturated heterocycles. The molecule has 1 heterocycles. The van der Waals surface area contributed by atoms with Crippen molar-refractivity contribution in [3.8, 4) is 0 Å². The number of carboxylic acids is 1. The summed E-state index contributed by atoms with van der Waals surface area (Å²) in [7, 11) is 0. The highest BCUT2D eigenvalue weighted by Gasteiger charge is 2.50. The zero-order valence-corrected chi connectivity index (χ0v) is 48.6. The maximum atomic E-state index is 13.2. The van der Waals surface area contributed by atoms with E-state index in [0.29, 0.717) is 19.3 Å². The Balaban J connectivity index is 2.63. The summed E-state index contributed by atoms with van der Waals surface area (Å²) in [6.45, 7) is 6.00. The molecular formula is C63H116O12. The SMILES string of the molecule is CCCC/C=C\CCCCCCCC(=O)OC1C(OCC(COC(=O)CCCCCCCCCCCCCCCCCCC)OC(=O)CCCCCCCCCCCCCCCCCCC)OC(C(=O)O)C(O)C1O. The number of rotatable bonds is 55. The van der Waals surface area contributed by atoms with E-state index in [2.05, 4.69) is 32.9 Å². The van der Waals surface area contributed by atoms with E-state index in [9.17, 15) is 34.5 Å². The molecule has 12 heteroatoms. The molecule has 1 aliphatic rings. The summed E-state index contributed by atoms with van der Waals surface area (Å²) in [5.41, 5.74) is 0. The molecule has 0 bridgehead atoms. The zero-order chi connectivity index (χ0) is 54.7. The Kier molecular flexibility index (Phi) is 49.0. The van der Waals surface area contributed by atoms with E-state index < -0.39 is 67.3 Å². The van der Waals surface area contributed by atoms with Crippen molar-refractivity contribution >= 4 is 23.9 Å². The Bertz CT molecular complexity index is 1360. The molecule has 6 unspecified atom stereocenters. The van der Waals surface area contributed by atoms with Gasteiger partial charge >= 0.3 is 23.9 Å². The third-order valence-electron chi connectivity index (χ3n) is 14.8. The van der Waals surface area contributed by atoms with Crippen LogP contribution in [-0.4, -0.2) is 89.2 Å². The Labute approximate surface area is 458 Å². The normalized spacial score (nSPS) is 18.1. The molecular weight excluding hydrogens is 949 g/mol. The van der Waals surface area contributed by atoms with Crippen LogP contribution in [0.2, 0.25) is 0 Å². The molecule has 75 heavy (non-hydrogen) atoms. The standard InChI is InChI=1S/C63H116O12/c1-4-7-10-13-16-19-22-24-26-28-30-32-35-37-40-43-46-49-55(64)71-52-54(73-56(65)50-47-44-41-39-36-33-31-29-27-25-23-20-17-14-11-8-5-2)53-72-63-61(59(68)58(67)60(75-63)62(69)70)74-57(66)51-48-45-42-38-34-21-18-15-12-9-6-3/h15,18,54,58-61,63,67-68H,4-14,16-17,19-53H2,1-3H3,(H,69,70)/b18-15-. The molecule has 440 valence electrons. The van der Waals surface area contributed by atoms with E-state index >= 15 is 0 Å². The fraction of sp³-hybridized carbons (Fsp3) is 0.905. The fourth-order valence-electron chi connectivity index (χ4n) is 9.94. The Morgan fingerprint density at radius 2 is 0.773 bits per heavy atom. The Hall–Kier alpha value is -2.54. The maximum Gasteiger partial charge on any atom is 0.335 e. The molecule has 0 aromatic rings. The number of allylic oxidation sites excluding steroid dienone is 2. The van der Waals surface area contributed by atoms with Gasteiger partial charge in [-0.3, -0.25) is 14.4 Å². The predicted octanol–water partition coefficient (Wildman–Crippen LogP) is 16.5. The summed E-state index contributed by atoms with van der Waals surface area (Å²) in [5, 5.41) is 31.5. The number of hydrogen-bond donors (Lipinski definition) is 3. The first kappa shape index (κ1) is 70.5. The molecule has 1 fully saturated rings. The smallest absolute Gasteiger partial charge is 0.335 e. The molecule has 0 aromatic carbocycles. The second-order valence-corrected chi connectivity index (χ2v) is 22.1. The van der Waals surface area contributed by atoms with Crippen molar-refractivity contribution in [2.24, 2.45) is 0 Å². The van der Waals surface area contributed by atoms with Crippen LogP contribution in [0.25, 0.3) is 0 Å². The predicted molar refractivity (Wildman–Crippen MR) is 304 cm³/mol. The first-order valence-electron chi connectivity index (χ1n) is 31.7. The highest BCUT2D eigenvalue weighted by atomic mass is 16.7. The van der Waals surface area contributed by atoms with Crippen LogP contribution >= 0.6 is 0 Å². The molecule has 6 atom stereocenters. The highest BCUT2D eigenvalue weighted by molar-refractivity contribution is 5.74. The molecule has 0 radical (unpaired) electrons. The van der Waals surface area contributed by atoms with Gasteiger partial charge in [-0.05, 0) is 38.5 Å². The monoisotopic (exact) mass is 1060 g/mol. The number of aliphatic hydroxyl groups is 2. The first-order chi connectivity index (χ1) is 36.6. The average molecular weight is 1070 g/mol. The third-order valence-corrected chi connectivity index (χ3v) is 14.8. The van der Waals surface area contributed by atoms with Gasteiger partial charge in [0.2, 0.25) is 0 Å². The van der Waals surface area contributed by atoms with Crippen LogP contribution in [0.15, 0.2) is 12.2 Å². The molecule has 12 nitrogen and oxygen atoms in total. The van der Waals surface area contributed by atoms with E-state index in [1.54, 1.807) is 0 Å². The second kappa shape index (κ2) is 52.2. The van der Waals surface area contributed by atoms with Crippen LogP contribution in [-0.2, 0) is 42.9 Å². The molecule has 3 N–H and O–H groups in total. The number of aliphatic carboxylic acids is 1. The van der Waals surface area contributed by atoms with Gasteiger partial charge in [0.1, 0.15) is 18.8 Å². The Morgan fingerprint density at radius 3 is 1.17 bits per heavy atom.